The molecule has 0 spiro atoms. The number of hydrogen-bond acceptors (Lipinski definition) is 7. The molecule has 1 atom stereocenters. The number of carbonyl (C=O) groups excluding carboxylic acids is 1. The Kier molecular flexibility index (Phi) is 4.37. The number of aliphatic hydroxyl groups is 1. The first-order valence-electron chi connectivity index (χ1n) is 4.81. The summed E-state index contributed by atoms with van der Waals surface area (Å²) in [6, 6.07) is 2.43. The summed E-state index contributed by atoms with van der Waals surface area (Å²) in [5.41, 5.74) is 0.766. The van der Waals surface area contributed by atoms with Crippen LogP contribution in [0.15, 0.2) is 6.07 Å². The Bertz CT molecular complexity index is 455. The molecule has 0 aliphatic carbocycles. The molecule has 7 nitrogen and oxygen atoms in total. The fourth-order valence-corrected chi connectivity index (χ4v) is 1.17. The highest BCUT2D eigenvalue weighted by molar-refractivity contribution is 5.78. The van der Waals surface area contributed by atoms with Crippen molar-refractivity contribution in [3.8, 4) is 6.07 Å². The van der Waals surface area contributed by atoms with E-state index in [4.69, 9.17) is 10.4 Å². The lowest BCUT2D eigenvalue weighted by Crippen LogP contribution is -2.34. The monoisotopic (exact) mass is 236 g/mol. The second-order valence-electron chi connectivity index (χ2n) is 3.23. The van der Waals surface area contributed by atoms with E-state index in [0.29, 0.717) is 5.69 Å². The number of aliphatic hydroxyl groups excluding tert-OH is 1. The SMILES string of the molecule is COC(=O)C(CO)Nc1nc(C)cc(C#N)n1. The van der Waals surface area contributed by atoms with Crippen LogP contribution < -0.4 is 5.32 Å². The van der Waals surface area contributed by atoms with Crippen LogP contribution in [0.1, 0.15) is 11.4 Å². The summed E-state index contributed by atoms with van der Waals surface area (Å²) in [6.07, 6.45) is 0. The van der Waals surface area contributed by atoms with Gasteiger partial charge in [0.15, 0.2) is 6.04 Å². The van der Waals surface area contributed by atoms with Gasteiger partial charge in [0.25, 0.3) is 0 Å². The van der Waals surface area contributed by atoms with E-state index in [2.05, 4.69) is 20.0 Å². The average Bonchev–Trinajstić information content (AvgIpc) is 2.34. The number of anilines is 1. The molecular formula is C10H12N4O3. The molecule has 0 aliphatic heterocycles. The molecule has 1 aromatic rings. The van der Waals surface area contributed by atoms with Gasteiger partial charge in [-0.1, -0.05) is 0 Å². The normalized spacial score (nSPS) is 11.4. The summed E-state index contributed by atoms with van der Waals surface area (Å²) in [7, 11) is 1.21. The van der Waals surface area contributed by atoms with Gasteiger partial charge in [0.2, 0.25) is 5.95 Å². The Hall–Kier alpha value is -2.20. The Morgan fingerprint density at radius 2 is 2.41 bits per heavy atom. The third-order valence-electron chi connectivity index (χ3n) is 1.94. The predicted molar refractivity (Wildman–Crippen MR) is 58.0 cm³/mol. The van der Waals surface area contributed by atoms with E-state index in [1.807, 2.05) is 6.07 Å². The molecule has 17 heavy (non-hydrogen) atoms. The van der Waals surface area contributed by atoms with Crippen LogP contribution >= 0.6 is 0 Å². The standard InChI is InChI=1S/C10H12N4O3/c1-6-3-7(4-11)13-10(12-6)14-8(5-15)9(16)17-2/h3,8,15H,5H2,1-2H3,(H,12,13,14). The topological polar surface area (TPSA) is 108 Å². The fraction of sp³-hybridized carbons (Fsp3) is 0.400. The summed E-state index contributed by atoms with van der Waals surface area (Å²) in [5, 5.41) is 20.3. The largest absolute Gasteiger partial charge is 0.467 e. The second-order valence-corrected chi connectivity index (χ2v) is 3.23. The third kappa shape index (κ3) is 3.39. The van der Waals surface area contributed by atoms with Crippen molar-refractivity contribution < 1.29 is 14.6 Å². The minimum atomic E-state index is -0.951. The van der Waals surface area contributed by atoms with Gasteiger partial charge in [0.05, 0.1) is 13.7 Å². The van der Waals surface area contributed by atoms with E-state index in [1.165, 1.54) is 13.2 Å². The van der Waals surface area contributed by atoms with E-state index in [-0.39, 0.29) is 11.6 Å². The maximum atomic E-state index is 11.2. The molecule has 90 valence electrons. The van der Waals surface area contributed by atoms with Gasteiger partial charge >= 0.3 is 5.97 Å². The molecule has 7 heteroatoms. The van der Waals surface area contributed by atoms with Gasteiger partial charge in [-0.15, -0.1) is 0 Å². The van der Waals surface area contributed by atoms with E-state index in [0.717, 1.165) is 0 Å². The summed E-state index contributed by atoms with van der Waals surface area (Å²) in [5.74, 6) is -0.526. The van der Waals surface area contributed by atoms with Gasteiger partial charge in [-0.3, -0.25) is 0 Å². The van der Waals surface area contributed by atoms with Gasteiger partial charge in [-0.05, 0) is 13.0 Å². The molecule has 1 heterocycles. The molecule has 0 fully saturated rings. The first kappa shape index (κ1) is 12.9. The van der Waals surface area contributed by atoms with Gasteiger partial charge in [-0.2, -0.15) is 5.26 Å². The zero-order valence-electron chi connectivity index (χ0n) is 9.47. The van der Waals surface area contributed by atoms with Crippen molar-refractivity contribution >= 4 is 11.9 Å². The van der Waals surface area contributed by atoms with Gasteiger partial charge in [0.1, 0.15) is 11.8 Å². The highest BCUT2D eigenvalue weighted by Gasteiger charge is 2.19. The number of nitriles is 1. The van der Waals surface area contributed by atoms with Crippen LogP contribution in [0.5, 0.6) is 0 Å². The highest BCUT2D eigenvalue weighted by atomic mass is 16.5. The van der Waals surface area contributed by atoms with Crippen molar-refractivity contribution in [3.05, 3.63) is 17.5 Å². The number of carbonyl (C=O) groups is 1. The molecule has 1 unspecified atom stereocenters. The molecule has 2 N–H and O–H groups in total. The first-order valence-corrected chi connectivity index (χ1v) is 4.81. The fourth-order valence-electron chi connectivity index (χ4n) is 1.17. The summed E-state index contributed by atoms with van der Waals surface area (Å²) in [4.78, 5) is 19.1. The van der Waals surface area contributed by atoms with Crippen LogP contribution in [0.2, 0.25) is 0 Å². The van der Waals surface area contributed by atoms with Gasteiger partial charge in [-0.25, -0.2) is 14.8 Å². The lowest BCUT2D eigenvalue weighted by molar-refractivity contribution is -0.142. The Morgan fingerprint density at radius 1 is 1.71 bits per heavy atom. The lowest BCUT2D eigenvalue weighted by Gasteiger charge is -2.13. The van der Waals surface area contributed by atoms with Crippen LogP contribution in [-0.4, -0.2) is 40.8 Å². The van der Waals surface area contributed by atoms with E-state index < -0.39 is 18.6 Å². The molecule has 0 aromatic carbocycles. The Balaban J connectivity index is 2.90. The minimum Gasteiger partial charge on any atom is -0.467 e. The van der Waals surface area contributed by atoms with Crippen LogP contribution in [-0.2, 0) is 9.53 Å². The van der Waals surface area contributed by atoms with Crippen molar-refractivity contribution in [1.82, 2.24) is 9.97 Å². The number of aromatic nitrogens is 2. The number of hydrogen-bond donors (Lipinski definition) is 2. The van der Waals surface area contributed by atoms with E-state index in [1.54, 1.807) is 6.92 Å². The van der Waals surface area contributed by atoms with Crippen molar-refractivity contribution in [3.63, 3.8) is 0 Å². The van der Waals surface area contributed by atoms with Crippen LogP contribution in [0.4, 0.5) is 5.95 Å². The quantitative estimate of drug-likeness (QED) is 0.685. The molecule has 0 saturated heterocycles. The van der Waals surface area contributed by atoms with Crippen molar-refractivity contribution in [2.24, 2.45) is 0 Å². The number of nitrogens with zero attached hydrogens (tertiary/aromatic N) is 3. The Labute approximate surface area is 98.1 Å². The van der Waals surface area contributed by atoms with Crippen molar-refractivity contribution in [2.45, 2.75) is 13.0 Å². The highest BCUT2D eigenvalue weighted by Crippen LogP contribution is 2.06. The lowest BCUT2D eigenvalue weighted by atomic mass is 10.3. The molecular weight excluding hydrogens is 224 g/mol. The van der Waals surface area contributed by atoms with Crippen molar-refractivity contribution in [2.75, 3.05) is 19.0 Å². The molecule has 0 aliphatic rings. The average molecular weight is 236 g/mol. The van der Waals surface area contributed by atoms with Gasteiger partial charge in [0, 0.05) is 5.69 Å². The van der Waals surface area contributed by atoms with Crippen LogP contribution in [0.25, 0.3) is 0 Å². The maximum Gasteiger partial charge on any atom is 0.330 e. The predicted octanol–water partition coefficient (Wildman–Crippen LogP) is -0.398. The maximum absolute atomic E-state index is 11.2. The molecule has 0 bridgehead atoms. The summed E-state index contributed by atoms with van der Waals surface area (Å²) < 4.78 is 4.48. The number of ether oxygens (including phenoxy) is 1. The van der Waals surface area contributed by atoms with E-state index in [9.17, 15) is 4.79 Å². The molecule has 1 rings (SSSR count). The van der Waals surface area contributed by atoms with Crippen molar-refractivity contribution in [1.29, 1.82) is 5.26 Å². The number of methoxy groups -OCH3 is 1. The van der Waals surface area contributed by atoms with Gasteiger partial charge < -0.3 is 15.2 Å². The summed E-state index contributed by atoms with van der Waals surface area (Å²) in [6.45, 7) is 1.24. The van der Waals surface area contributed by atoms with E-state index >= 15 is 0 Å². The number of rotatable bonds is 4. The minimum absolute atomic E-state index is 0.103. The number of aryl methyl sites for hydroxylation is 1. The molecule has 0 radical (unpaired) electrons. The zero-order chi connectivity index (χ0) is 12.8. The number of nitrogens with one attached hydrogen (secondary N) is 1. The smallest absolute Gasteiger partial charge is 0.330 e. The second kappa shape index (κ2) is 5.77. The molecule has 0 saturated carbocycles. The summed E-state index contributed by atoms with van der Waals surface area (Å²) >= 11 is 0. The molecule has 1 aromatic heterocycles. The van der Waals surface area contributed by atoms with Crippen LogP contribution in [0.3, 0.4) is 0 Å². The Morgan fingerprint density at radius 3 is 2.94 bits per heavy atom. The third-order valence-corrected chi connectivity index (χ3v) is 1.94. The number of esters is 1. The molecule has 0 amide bonds. The first-order chi connectivity index (χ1) is 8.10. The van der Waals surface area contributed by atoms with Crippen LogP contribution in [0, 0.1) is 18.3 Å². The zero-order valence-corrected chi connectivity index (χ0v) is 9.47.